The monoisotopic (exact) mass is 230 g/mol. The summed E-state index contributed by atoms with van der Waals surface area (Å²) in [7, 11) is 0. The summed E-state index contributed by atoms with van der Waals surface area (Å²) in [5.41, 5.74) is 3.79. The van der Waals surface area contributed by atoms with Gasteiger partial charge in [-0.25, -0.2) is 0 Å². The zero-order chi connectivity index (χ0) is 12.2. The maximum absolute atomic E-state index is 12.4. The van der Waals surface area contributed by atoms with E-state index in [9.17, 15) is 18.0 Å². The van der Waals surface area contributed by atoms with Crippen LogP contribution in [-0.2, 0) is 11.0 Å². The summed E-state index contributed by atoms with van der Waals surface area (Å²) in [4.78, 5) is 13.7. The van der Waals surface area contributed by atoms with Crippen molar-refractivity contribution in [1.29, 1.82) is 0 Å². The highest BCUT2D eigenvalue weighted by molar-refractivity contribution is 5.76. The molecule has 0 aliphatic heterocycles. The molecule has 0 spiro atoms. The Morgan fingerprint density at radius 3 is 2.75 bits per heavy atom. The third-order valence-corrected chi connectivity index (χ3v) is 1.72. The minimum Gasteiger partial charge on any atom is -0.369 e. The molecule has 0 aliphatic rings. The van der Waals surface area contributed by atoms with Gasteiger partial charge in [-0.3, -0.25) is 9.78 Å². The molecular weight excluding hydrogens is 221 g/mol. The Kier molecular flexibility index (Phi) is 3.65. The van der Waals surface area contributed by atoms with Crippen LogP contribution in [0.1, 0.15) is 17.7 Å². The molecule has 1 amide bonds. The molecule has 3 nitrogen and oxygen atoms in total. The first-order valence-electron chi connectivity index (χ1n) is 4.38. The number of alkyl halides is 3. The van der Waals surface area contributed by atoms with Crippen molar-refractivity contribution in [3.8, 4) is 0 Å². The van der Waals surface area contributed by atoms with Gasteiger partial charge in [-0.15, -0.1) is 0 Å². The van der Waals surface area contributed by atoms with E-state index in [2.05, 4.69) is 4.98 Å². The Bertz CT molecular complexity index is 413. The standard InChI is InChI=1S/C10H9F3N2O/c11-10(12,13)9-7(4-2-6-15-9)3-1-5-8(14)16/h1-4,6H,5H2,(H2,14,16). The molecule has 0 saturated heterocycles. The van der Waals surface area contributed by atoms with Crippen LogP contribution in [0, 0.1) is 0 Å². The van der Waals surface area contributed by atoms with Crippen molar-refractivity contribution >= 4 is 12.0 Å². The molecule has 86 valence electrons. The molecule has 6 heteroatoms. The predicted octanol–water partition coefficient (Wildman–Crippen LogP) is 1.99. The van der Waals surface area contributed by atoms with Gasteiger partial charge < -0.3 is 5.73 Å². The van der Waals surface area contributed by atoms with Crippen molar-refractivity contribution < 1.29 is 18.0 Å². The average molecular weight is 230 g/mol. The summed E-state index contributed by atoms with van der Waals surface area (Å²) in [6, 6.07) is 2.66. The van der Waals surface area contributed by atoms with Crippen LogP contribution in [0.4, 0.5) is 13.2 Å². The van der Waals surface area contributed by atoms with E-state index in [1.165, 1.54) is 24.3 Å². The highest BCUT2D eigenvalue weighted by atomic mass is 19.4. The van der Waals surface area contributed by atoms with Crippen molar-refractivity contribution in [3.63, 3.8) is 0 Å². The Balaban J connectivity index is 2.96. The van der Waals surface area contributed by atoms with E-state index >= 15 is 0 Å². The van der Waals surface area contributed by atoms with Crippen LogP contribution in [0.25, 0.3) is 6.08 Å². The first kappa shape index (κ1) is 12.2. The normalized spacial score (nSPS) is 11.9. The van der Waals surface area contributed by atoms with Gasteiger partial charge in [-0.1, -0.05) is 18.2 Å². The number of halogens is 3. The summed E-state index contributed by atoms with van der Waals surface area (Å²) in [5, 5.41) is 0. The predicted molar refractivity (Wildman–Crippen MR) is 52.1 cm³/mol. The molecule has 0 atom stereocenters. The fourth-order valence-corrected chi connectivity index (χ4v) is 1.09. The topological polar surface area (TPSA) is 56.0 Å². The molecular formula is C10H9F3N2O. The maximum Gasteiger partial charge on any atom is 0.433 e. The minimum absolute atomic E-state index is 0.0868. The lowest BCUT2D eigenvalue weighted by atomic mass is 10.1. The number of nitrogens with two attached hydrogens (primary N) is 1. The van der Waals surface area contributed by atoms with E-state index in [-0.39, 0.29) is 12.0 Å². The SMILES string of the molecule is NC(=O)CC=Cc1cccnc1C(F)(F)F. The summed E-state index contributed by atoms with van der Waals surface area (Å²) < 4.78 is 37.3. The smallest absolute Gasteiger partial charge is 0.369 e. The lowest BCUT2D eigenvalue weighted by molar-refractivity contribution is -0.141. The molecule has 0 aromatic carbocycles. The fourth-order valence-electron chi connectivity index (χ4n) is 1.09. The molecule has 1 rings (SSSR count). The lowest BCUT2D eigenvalue weighted by Gasteiger charge is -2.07. The first-order valence-corrected chi connectivity index (χ1v) is 4.38. The molecule has 0 bridgehead atoms. The van der Waals surface area contributed by atoms with Crippen molar-refractivity contribution in [2.45, 2.75) is 12.6 Å². The van der Waals surface area contributed by atoms with E-state index in [0.717, 1.165) is 6.20 Å². The molecule has 0 fully saturated rings. The quantitative estimate of drug-likeness (QED) is 0.863. The van der Waals surface area contributed by atoms with Crippen LogP contribution in [-0.4, -0.2) is 10.9 Å². The van der Waals surface area contributed by atoms with Crippen molar-refractivity contribution in [2.24, 2.45) is 5.73 Å². The zero-order valence-electron chi connectivity index (χ0n) is 8.16. The van der Waals surface area contributed by atoms with Crippen LogP contribution in [0.5, 0.6) is 0 Å². The van der Waals surface area contributed by atoms with Gasteiger partial charge in [0.05, 0.1) is 0 Å². The van der Waals surface area contributed by atoms with Gasteiger partial charge in [0.25, 0.3) is 0 Å². The lowest BCUT2D eigenvalue weighted by Crippen LogP contribution is -2.10. The second-order valence-corrected chi connectivity index (χ2v) is 3.01. The molecule has 0 unspecified atom stereocenters. The maximum atomic E-state index is 12.4. The highest BCUT2D eigenvalue weighted by Gasteiger charge is 2.34. The number of rotatable bonds is 3. The number of hydrogen-bond acceptors (Lipinski definition) is 2. The molecule has 0 saturated carbocycles. The van der Waals surface area contributed by atoms with Crippen LogP contribution >= 0.6 is 0 Å². The van der Waals surface area contributed by atoms with Gasteiger partial charge in [-0.05, 0) is 6.07 Å². The van der Waals surface area contributed by atoms with E-state index < -0.39 is 17.8 Å². The average Bonchev–Trinajstić information content (AvgIpc) is 2.16. The Morgan fingerprint density at radius 2 is 2.19 bits per heavy atom. The number of carbonyl (C=O) groups excluding carboxylic acids is 1. The fraction of sp³-hybridized carbons (Fsp3) is 0.200. The molecule has 1 aromatic heterocycles. The largest absolute Gasteiger partial charge is 0.433 e. The summed E-state index contributed by atoms with van der Waals surface area (Å²) in [6.45, 7) is 0. The molecule has 16 heavy (non-hydrogen) atoms. The van der Waals surface area contributed by atoms with Crippen molar-refractivity contribution in [2.75, 3.05) is 0 Å². The van der Waals surface area contributed by atoms with Gasteiger partial charge in [0.1, 0.15) is 0 Å². The number of primary amides is 1. The van der Waals surface area contributed by atoms with Crippen LogP contribution in [0.3, 0.4) is 0 Å². The molecule has 1 aromatic rings. The molecule has 2 N–H and O–H groups in total. The Labute approximate surface area is 89.8 Å². The van der Waals surface area contributed by atoms with E-state index in [1.807, 2.05) is 0 Å². The minimum atomic E-state index is -4.51. The Hall–Kier alpha value is -1.85. The highest BCUT2D eigenvalue weighted by Crippen LogP contribution is 2.30. The van der Waals surface area contributed by atoms with E-state index in [1.54, 1.807) is 0 Å². The van der Waals surface area contributed by atoms with E-state index in [4.69, 9.17) is 5.73 Å². The number of amides is 1. The van der Waals surface area contributed by atoms with Gasteiger partial charge in [0.15, 0.2) is 5.69 Å². The molecule has 0 aliphatic carbocycles. The van der Waals surface area contributed by atoms with Gasteiger partial charge in [0.2, 0.25) is 5.91 Å². The Morgan fingerprint density at radius 1 is 1.50 bits per heavy atom. The zero-order valence-corrected chi connectivity index (χ0v) is 8.16. The van der Waals surface area contributed by atoms with E-state index in [0.29, 0.717) is 0 Å². The third kappa shape index (κ3) is 3.38. The molecule has 1 heterocycles. The van der Waals surface area contributed by atoms with Crippen molar-refractivity contribution in [1.82, 2.24) is 4.98 Å². The number of nitrogens with zero attached hydrogens (tertiary/aromatic N) is 1. The number of hydrogen-bond donors (Lipinski definition) is 1. The summed E-state index contributed by atoms with van der Waals surface area (Å²) in [5.74, 6) is -0.603. The summed E-state index contributed by atoms with van der Waals surface area (Å²) in [6.07, 6.45) is -1.09. The van der Waals surface area contributed by atoms with Gasteiger partial charge >= 0.3 is 6.18 Å². The number of carbonyl (C=O) groups is 1. The number of pyridine rings is 1. The van der Waals surface area contributed by atoms with Gasteiger partial charge in [-0.2, -0.15) is 13.2 Å². The van der Waals surface area contributed by atoms with Crippen LogP contribution in [0.2, 0.25) is 0 Å². The van der Waals surface area contributed by atoms with Crippen LogP contribution in [0.15, 0.2) is 24.4 Å². The summed E-state index contributed by atoms with van der Waals surface area (Å²) >= 11 is 0. The second kappa shape index (κ2) is 4.78. The van der Waals surface area contributed by atoms with Crippen molar-refractivity contribution in [3.05, 3.63) is 35.7 Å². The third-order valence-electron chi connectivity index (χ3n) is 1.72. The first-order chi connectivity index (χ1) is 7.41. The second-order valence-electron chi connectivity index (χ2n) is 3.01. The van der Waals surface area contributed by atoms with Crippen LogP contribution < -0.4 is 5.73 Å². The number of aromatic nitrogens is 1. The molecule has 0 radical (unpaired) electrons. The van der Waals surface area contributed by atoms with Gasteiger partial charge in [0, 0.05) is 18.2 Å².